The Hall–Kier alpha value is -1.40. The molecule has 0 spiro atoms. The molecule has 6 nitrogen and oxygen atoms in total. The Labute approximate surface area is 96.5 Å². The molecule has 1 aliphatic heterocycles. The third-order valence-corrected chi connectivity index (χ3v) is 2.68. The average molecular weight is 244 g/mol. The van der Waals surface area contributed by atoms with Crippen molar-refractivity contribution in [2.45, 2.75) is 18.6 Å². The highest BCUT2D eigenvalue weighted by molar-refractivity contribution is 6.29. The van der Waals surface area contributed by atoms with Gasteiger partial charge in [0.25, 0.3) is 0 Å². The predicted molar refractivity (Wildman–Crippen MR) is 56.4 cm³/mol. The van der Waals surface area contributed by atoms with Gasteiger partial charge >= 0.3 is 5.97 Å². The van der Waals surface area contributed by atoms with Crippen molar-refractivity contribution in [2.24, 2.45) is 0 Å². The zero-order chi connectivity index (χ0) is 11.7. The highest BCUT2D eigenvalue weighted by atomic mass is 35.5. The number of hydrogen-bond acceptors (Lipinski definition) is 5. The molecule has 1 fully saturated rings. The number of β-amino-alcohol motifs (C(OH)–C–C–N with tert-alkyl or cyclic N) is 1. The molecule has 0 saturated carbocycles. The second-order valence-electron chi connectivity index (χ2n) is 3.61. The second-order valence-corrected chi connectivity index (χ2v) is 4.00. The molecule has 1 aliphatic rings. The maximum absolute atomic E-state index is 11.0. The highest BCUT2D eigenvalue weighted by Crippen LogP contribution is 2.24. The van der Waals surface area contributed by atoms with E-state index in [4.69, 9.17) is 16.7 Å². The van der Waals surface area contributed by atoms with Crippen molar-refractivity contribution in [3.8, 4) is 0 Å². The van der Waals surface area contributed by atoms with Crippen LogP contribution in [0, 0.1) is 0 Å². The van der Waals surface area contributed by atoms with Crippen LogP contribution in [0.1, 0.15) is 6.42 Å². The van der Waals surface area contributed by atoms with E-state index >= 15 is 0 Å². The van der Waals surface area contributed by atoms with E-state index in [9.17, 15) is 9.90 Å². The fourth-order valence-corrected chi connectivity index (χ4v) is 1.86. The lowest BCUT2D eigenvalue weighted by Crippen LogP contribution is -2.36. The first kappa shape index (κ1) is 11.1. The number of hydrogen-bond donors (Lipinski definition) is 2. The maximum atomic E-state index is 11.0. The Morgan fingerprint density at radius 2 is 2.25 bits per heavy atom. The lowest BCUT2D eigenvalue weighted by atomic mass is 10.2. The Morgan fingerprint density at radius 3 is 2.81 bits per heavy atom. The molecule has 86 valence electrons. The van der Waals surface area contributed by atoms with E-state index in [1.165, 1.54) is 11.0 Å². The number of carboxylic acid groups (broad SMARTS) is 1. The fraction of sp³-hybridized carbons (Fsp3) is 0.444. The number of aliphatic carboxylic acids is 1. The van der Waals surface area contributed by atoms with Crippen LogP contribution in [-0.2, 0) is 4.79 Å². The van der Waals surface area contributed by atoms with E-state index in [1.54, 1.807) is 6.07 Å². The summed E-state index contributed by atoms with van der Waals surface area (Å²) in [5.74, 6) is -0.568. The van der Waals surface area contributed by atoms with Crippen LogP contribution in [0.3, 0.4) is 0 Å². The average Bonchev–Trinajstić information content (AvgIpc) is 2.61. The first-order valence-electron chi connectivity index (χ1n) is 4.74. The molecule has 0 radical (unpaired) electrons. The van der Waals surface area contributed by atoms with Gasteiger partial charge in [-0.25, -0.2) is 4.79 Å². The SMILES string of the molecule is O=C(O)C1CC(O)CN1c1ccc(Cl)nn1. The van der Waals surface area contributed by atoms with Crippen molar-refractivity contribution in [2.75, 3.05) is 11.4 Å². The van der Waals surface area contributed by atoms with Gasteiger partial charge in [-0.3, -0.25) is 0 Å². The maximum Gasteiger partial charge on any atom is 0.326 e. The summed E-state index contributed by atoms with van der Waals surface area (Å²) in [7, 11) is 0. The van der Waals surface area contributed by atoms with E-state index in [-0.39, 0.29) is 18.1 Å². The second kappa shape index (κ2) is 4.23. The summed E-state index contributed by atoms with van der Waals surface area (Å²) in [6.45, 7) is 0.243. The molecule has 7 heteroatoms. The minimum atomic E-state index is -0.978. The third-order valence-electron chi connectivity index (χ3n) is 2.48. The molecule has 0 bridgehead atoms. The zero-order valence-electron chi connectivity index (χ0n) is 8.25. The summed E-state index contributed by atoms with van der Waals surface area (Å²) < 4.78 is 0. The fourth-order valence-electron chi connectivity index (χ4n) is 1.76. The number of aliphatic hydroxyl groups is 1. The molecule has 2 unspecified atom stereocenters. The minimum absolute atomic E-state index is 0.194. The molecule has 0 amide bonds. The standard InChI is InChI=1S/C9H10ClN3O3/c10-7-1-2-8(12-11-7)13-4-5(14)3-6(13)9(15)16/h1-2,5-6,14H,3-4H2,(H,15,16). The molecule has 1 saturated heterocycles. The number of halogens is 1. The van der Waals surface area contributed by atoms with E-state index in [2.05, 4.69) is 10.2 Å². The number of aliphatic hydroxyl groups excluding tert-OH is 1. The van der Waals surface area contributed by atoms with E-state index < -0.39 is 18.1 Å². The van der Waals surface area contributed by atoms with Crippen LogP contribution in [0.25, 0.3) is 0 Å². The number of aromatic nitrogens is 2. The number of carbonyl (C=O) groups is 1. The van der Waals surface area contributed by atoms with E-state index in [0.717, 1.165) is 0 Å². The van der Waals surface area contributed by atoms with Gasteiger partial charge in [-0.15, -0.1) is 10.2 Å². The minimum Gasteiger partial charge on any atom is -0.480 e. The first-order valence-corrected chi connectivity index (χ1v) is 5.12. The van der Waals surface area contributed by atoms with Crippen LogP contribution >= 0.6 is 11.6 Å². The predicted octanol–water partition coefficient (Wildman–Crippen LogP) is 0.154. The molecular formula is C9H10ClN3O3. The van der Waals surface area contributed by atoms with E-state index in [1.807, 2.05) is 0 Å². The van der Waals surface area contributed by atoms with Crippen LogP contribution in [0.2, 0.25) is 5.15 Å². The van der Waals surface area contributed by atoms with Crippen molar-refractivity contribution in [3.63, 3.8) is 0 Å². The summed E-state index contributed by atoms with van der Waals surface area (Å²) in [5.41, 5.74) is 0. The summed E-state index contributed by atoms with van der Waals surface area (Å²) in [4.78, 5) is 12.5. The van der Waals surface area contributed by atoms with Crippen molar-refractivity contribution in [1.29, 1.82) is 0 Å². The topological polar surface area (TPSA) is 86.5 Å². The Morgan fingerprint density at radius 1 is 1.50 bits per heavy atom. The Bertz CT molecular complexity index is 397. The number of rotatable bonds is 2. The van der Waals surface area contributed by atoms with E-state index in [0.29, 0.717) is 5.82 Å². The van der Waals surface area contributed by atoms with Crippen LogP contribution < -0.4 is 4.90 Å². The molecule has 0 aromatic carbocycles. The normalized spacial score (nSPS) is 24.8. The molecule has 0 aliphatic carbocycles. The van der Waals surface area contributed by atoms with Gasteiger partial charge in [-0.1, -0.05) is 11.6 Å². The molecule has 2 atom stereocenters. The monoisotopic (exact) mass is 243 g/mol. The Balaban J connectivity index is 2.25. The van der Waals surface area contributed by atoms with Gasteiger partial charge in [0.05, 0.1) is 6.10 Å². The number of nitrogens with zero attached hydrogens (tertiary/aromatic N) is 3. The third kappa shape index (κ3) is 2.07. The molecular weight excluding hydrogens is 234 g/mol. The Kier molecular flexibility index (Phi) is 2.93. The summed E-state index contributed by atoms with van der Waals surface area (Å²) in [5, 5.41) is 26.1. The highest BCUT2D eigenvalue weighted by Gasteiger charge is 2.36. The van der Waals surface area contributed by atoms with Gasteiger partial charge in [0.2, 0.25) is 0 Å². The summed E-state index contributed by atoms with van der Waals surface area (Å²) >= 11 is 5.59. The van der Waals surface area contributed by atoms with Crippen LogP contribution in [0.4, 0.5) is 5.82 Å². The van der Waals surface area contributed by atoms with Gasteiger partial charge in [0.1, 0.15) is 6.04 Å². The van der Waals surface area contributed by atoms with Crippen molar-refractivity contribution < 1.29 is 15.0 Å². The lowest BCUT2D eigenvalue weighted by molar-refractivity contribution is -0.138. The van der Waals surface area contributed by atoms with Gasteiger partial charge < -0.3 is 15.1 Å². The first-order chi connectivity index (χ1) is 7.58. The van der Waals surface area contributed by atoms with Crippen molar-refractivity contribution >= 4 is 23.4 Å². The zero-order valence-corrected chi connectivity index (χ0v) is 9.00. The van der Waals surface area contributed by atoms with Gasteiger partial charge in [-0.2, -0.15) is 0 Å². The molecule has 1 aromatic heterocycles. The quantitative estimate of drug-likeness (QED) is 0.769. The molecule has 2 rings (SSSR count). The van der Waals surface area contributed by atoms with Gasteiger partial charge in [-0.05, 0) is 12.1 Å². The number of anilines is 1. The van der Waals surface area contributed by atoms with Gasteiger partial charge in [0, 0.05) is 13.0 Å². The molecule has 16 heavy (non-hydrogen) atoms. The van der Waals surface area contributed by atoms with Crippen LogP contribution in [0.5, 0.6) is 0 Å². The number of carboxylic acids is 1. The molecule has 2 N–H and O–H groups in total. The molecule has 2 heterocycles. The van der Waals surface area contributed by atoms with Crippen molar-refractivity contribution in [1.82, 2.24) is 10.2 Å². The largest absolute Gasteiger partial charge is 0.480 e. The smallest absolute Gasteiger partial charge is 0.326 e. The summed E-state index contributed by atoms with van der Waals surface area (Å²) in [6.07, 6.45) is -0.460. The molecule has 1 aromatic rings. The van der Waals surface area contributed by atoms with Crippen LogP contribution in [0.15, 0.2) is 12.1 Å². The van der Waals surface area contributed by atoms with Crippen LogP contribution in [-0.4, -0.2) is 45.1 Å². The lowest BCUT2D eigenvalue weighted by Gasteiger charge is -2.21. The van der Waals surface area contributed by atoms with Gasteiger partial charge in [0.15, 0.2) is 11.0 Å². The van der Waals surface area contributed by atoms with Crippen molar-refractivity contribution in [3.05, 3.63) is 17.3 Å². The summed E-state index contributed by atoms with van der Waals surface area (Å²) in [6, 6.07) is 2.36.